The van der Waals surface area contributed by atoms with E-state index >= 15 is 0 Å². The summed E-state index contributed by atoms with van der Waals surface area (Å²) >= 11 is 0. The van der Waals surface area contributed by atoms with E-state index < -0.39 is 54.3 Å². The van der Waals surface area contributed by atoms with Gasteiger partial charge in [0.25, 0.3) is 0 Å². The van der Waals surface area contributed by atoms with Crippen LogP contribution in [0.2, 0.25) is 0 Å². The molecule has 0 aromatic rings. The number of halogens is 16. The van der Waals surface area contributed by atoms with Crippen LogP contribution in [-0.4, -0.2) is 47.9 Å². The molecular formula is C10H5F16. The number of hydrogen-bond acceptors (Lipinski definition) is 0. The van der Waals surface area contributed by atoms with Gasteiger partial charge in [-0.05, 0) is 6.92 Å². The van der Waals surface area contributed by atoms with Crippen molar-refractivity contribution in [1.29, 1.82) is 0 Å². The van der Waals surface area contributed by atoms with Crippen LogP contribution in [0.1, 0.15) is 6.42 Å². The lowest BCUT2D eigenvalue weighted by molar-refractivity contribution is -0.446. The second-order valence-corrected chi connectivity index (χ2v) is 4.75. The predicted octanol–water partition coefficient (Wildman–Crippen LogP) is 5.92. The molecule has 0 atom stereocenters. The lowest BCUT2D eigenvalue weighted by atomic mass is 9.88. The van der Waals surface area contributed by atoms with Crippen molar-refractivity contribution in [2.75, 3.05) is 0 Å². The maximum atomic E-state index is 13.0. The average molecular weight is 429 g/mol. The van der Waals surface area contributed by atoms with Gasteiger partial charge < -0.3 is 0 Å². The second-order valence-electron chi connectivity index (χ2n) is 4.75. The summed E-state index contributed by atoms with van der Waals surface area (Å²) in [5.74, 6) is -54.0. The third-order valence-electron chi connectivity index (χ3n) is 3.04. The molecule has 0 aliphatic heterocycles. The van der Waals surface area contributed by atoms with Crippen LogP contribution in [0.4, 0.5) is 70.2 Å². The first-order chi connectivity index (χ1) is 11.0. The first-order valence-electron chi connectivity index (χ1n) is 5.72. The first kappa shape index (κ1) is 24.9. The van der Waals surface area contributed by atoms with E-state index in [1.807, 2.05) is 6.92 Å². The summed E-state index contributed by atoms with van der Waals surface area (Å²) in [6.07, 6.45) is -8.48. The zero-order chi connectivity index (χ0) is 21.8. The van der Waals surface area contributed by atoms with Gasteiger partial charge in [-0.15, -0.1) is 0 Å². The zero-order valence-electron chi connectivity index (χ0n) is 11.5. The van der Waals surface area contributed by atoms with Crippen molar-refractivity contribution in [2.24, 2.45) is 0 Å². The fraction of sp³-hybridized carbons (Fsp3) is 0.900. The SMILES string of the molecule is [CH2]CC(F)(F)C(F)(F)C(F)(F)C(F)(F)C(F)(F)C(F)(F)C(F)(F)C(F)F. The summed E-state index contributed by atoms with van der Waals surface area (Å²) in [4.78, 5) is 0. The van der Waals surface area contributed by atoms with Crippen LogP contribution in [-0.2, 0) is 0 Å². The van der Waals surface area contributed by atoms with E-state index in [1.165, 1.54) is 0 Å². The highest BCUT2D eigenvalue weighted by Gasteiger charge is 2.93. The van der Waals surface area contributed by atoms with Gasteiger partial charge in [-0.2, -0.15) is 61.5 Å². The van der Waals surface area contributed by atoms with Gasteiger partial charge in [-0.3, -0.25) is 0 Å². The first-order valence-corrected chi connectivity index (χ1v) is 5.72. The van der Waals surface area contributed by atoms with Crippen molar-refractivity contribution in [2.45, 2.75) is 54.3 Å². The second kappa shape index (κ2) is 6.21. The molecule has 0 aromatic heterocycles. The van der Waals surface area contributed by atoms with Crippen molar-refractivity contribution in [3.8, 4) is 0 Å². The molecule has 0 amide bonds. The van der Waals surface area contributed by atoms with E-state index in [9.17, 15) is 70.2 Å². The molecule has 16 heteroatoms. The predicted molar refractivity (Wildman–Crippen MR) is 50.6 cm³/mol. The summed E-state index contributed by atoms with van der Waals surface area (Å²) in [5, 5.41) is 0. The Bertz CT molecular complexity index is 503. The van der Waals surface area contributed by atoms with Crippen molar-refractivity contribution in [1.82, 2.24) is 0 Å². The van der Waals surface area contributed by atoms with E-state index in [0.29, 0.717) is 0 Å². The van der Waals surface area contributed by atoms with E-state index in [-0.39, 0.29) is 0 Å². The highest BCUT2D eigenvalue weighted by Crippen LogP contribution is 2.62. The van der Waals surface area contributed by atoms with Gasteiger partial charge in [-0.1, -0.05) is 0 Å². The third kappa shape index (κ3) is 2.86. The van der Waals surface area contributed by atoms with E-state index in [2.05, 4.69) is 0 Å². The van der Waals surface area contributed by atoms with Gasteiger partial charge in [0.2, 0.25) is 0 Å². The fourth-order valence-electron chi connectivity index (χ4n) is 1.32. The van der Waals surface area contributed by atoms with Crippen molar-refractivity contribution in [3.05, 3.63) is 6.92 Å². The Labute approximate surface area is 133 Å². The van der Waals surface area contributed by atoms with Crippen LogP contribution in [0, 0.1) is 6.92 Å². The minimum Gasteiger partial charge on any atom is -0.203 e. The Hall–Kier alpha value is -1.12. The van der Waals surface area contributed by atoms with E-state index in [0.717, 1.165) is 0 Å². The van der Waals surface area contributed by atoms with Gasteiger partial charge in [0.05, 0.1) is 0 Å². The van der Waals surface area contributed by atoms with Gasteiger partial charge in [-0.25, -0.2) is 8.78 Å². The minimum absolute atomic E-state index is 1.93. The van der Waals surface area contributed by atoms with Crippen LogP contribution >= 0.6 is 0 Å². The molecule has 0 N–H and O–H groups in total. The summed E-state index contributed by atoms with van der Waals surface area (Å²) in [7, 11) is 0. The summed E-state index contributed by atoms with van der Waals surface area (Å²) in [5.41, 5.74) is 0. The topological polar surface area (TPSA) is 0 Å². The van der Waals surface area contributed by atoms with Crippen LogP contribution < -0.4 is 0 Å². The van der Waals surface area contributed by atoms with E-state index in [1.54, 1.807) is 0 Å². The Morgan fingerprint density at radius 3 is 1.04 bits per heavy atom. The average Bonchev–Trinajstić information content (AvgIpc) is 2.45. The molecule has 0 spiro atoms. The molecule has 1 radical (unpaired) electrons. The highest BCUT2D eigenvalue weighted by atomic mass is 19.4. The molecule has 0 aliphatic carbocycles. The number of rotatable bonds is 8. The molecular weight excluding hydrogens is 424 g/mol. The van der Waals surface area contributed by atoms with Crippen molar-refractivity contribution >= 4 is 0 Å². The Morgan fingerprint density at radius 2 is 0.769 bits per heavy atom. The molecule has 0 bridgehead atoms. The summed E-state index contributed by atoms with van der Waals surface area (Å²) in [6, 6.07) is 0. The van der Waals surface area contributed by atoms with Crippen LogP contribution in [0.25, 0.3) is 0 Å². The Balaban J connectivity index is 6.54. The molecule has 26 heavy (non-hydrogen) atoms. The highest BCUT2D eigenvalue weighted by molar-refractivity contribution is 5.14. The lowest BCUT2D eigenvalue weighted by Crippen LogP contribution is -2.73. The monoisotopic (exact) mass is 429 g/mol. The number of hydrogen-bond donors (Lipinski definition) is 0. The van der Waals surface area contributed by atoms with Gasteiger partial charge in [0.15, 0.2) is 0 Å². The van der Waals surface area contributed by atoms with Crippen molar-refractivity contribution in [3.63, 3.8) is 0 Å². The van der Waals surface area contributed by atoms with Crippen LogP contribution in [0.3, 0.4) is 0 Å². The van der Waals surface area contributed by atoms with Gasteiger partial charge in [0.1, 0.15) is 0 Å². The summed E-state index contributed by atoms with van der Waals surface area (Å²) in [6.45, 7) is 1.93. The van der Waals surface area contributed by atoms with Crippen molar-refractivity contribution < 1.29 is 70.2 Å². The molecule has 0 aromatic carbocycles. The van der Waals surface area contributed by atoms with Crippen LogP contribution in [0.15, 0.2) is 0 Å². The molecule has 0 saturated heterocycles. The molecule has 0 rings (SSSR count). The fourth-order valence-corrected chi connectivity index (χ4v) is 1.32. The molecule has 157 valence electrons. The molecule has 0 unspecified atom stereocenters. The summed E-state index contributed by atoms with van der Waals surface area (Å²) < 4.78 is 203. The molecule has 0 heterocycles. The standard InChI is InChI=1S/C10H5F16/c1-2-4(13,14)6(17,18)8(21,22)10(25,26)9(23,24)7(19,20)5(15,16)3(11)12/h3H,1-2H2. The van der Waals surface area contributed by atoms with Crippen LogP contribution in [0.5, 0.6) is 0 Å². The molecule has 0 nitrogen and oxygen atoms in total. The Morgan fingerprint density at radius 1 is 0.500 bits per heavy atom. The zero-order valence-corrected chi connectivity index (χ0v) is 11.5. The molecule has 0 aliphatic rings. The normalized spacial score (nSPS) is 16.4. The minimum atomic E-state index is -8.33. The molecule has 0 saturated carbocycles. The molecule has 0 fully saturated rings. The Kier molecular flexibility index (Phi) is 5.94. The largest absolute Gasteiger partial charge is 0.384 e. The smallest absolute Gasteiger partial charge is 0.203 e. The third-order valence-corrected chi connectivity index (χ3v) is 3.04. The van der Waals surface area contributed by atoms with Gasteiger partial charge >= 0.3 is 47.9 Å². The van der Waals surface area contributed by atoms with Gasteiger partial charge in [0, 0.05) is 6.42 Å². The maximum absolute atomic E-state index is 13.0. The quantitative estimate of drug-likeness (QED) is 0.420. The lowest BCUT2D eigenvalue weighted by Gasteiger charge is -2.42. The number of alkyl halides is 16. The maximum Gasteiger partial charge on any atom is 0.384 e. The van der Waals surface area contributed by atoms with E-state index in [4.69, 9.17) is 0 Å².